The maximum Gasteiger partial charge on any atom is 0.296 e. The van der Waals surface area contributed by atoms with E-state index >= 15 is 0 Å². The van der Waals surface area contributed by atoms with Gasteiger partial charge in [-0.25, -0.2) is 4.39 Å². The van der Waals surface area contributed by atoms with E-state index < -0.39 is 23.5 Å². The van der Waals surface area contributed by atoms with Gasteiger partial charge in [0, 0.05) is 5.75 Å². The number of benzene rings is 2. The number of nitrogens with zero attached hydrogens (tertiary/aromatic N) is 3. The van der Waals surface area contributed by atoms with E-state index in [9.17, 15) is 19.1 Å². The molecule has 2 aromatic carbocycles. The Morgan fingerprint density at radius 3 is 2.65 bits per heavy atom. The minimum Gasteiger partial charge on any atom is -0.503 e. The molecule has 1 N–H and O–H groups in total. The van der Waals surface area contributed by atoms with Crippen molar-refractivity contribution in [2.75, 3.05) is 18.1 Å². The van der Waals surface area contributed by atoms with Gasteiger partial charge in [0.15, 0.2) is 21.6 Å². The predicted molar refractivity (Wildman–Crippen MR) is 167 cm³/mol. The highest BCUT2D eigenvalue weighted by molar-refractivity contribution is 8.00. The minimum absolute atomic E-state index is 0.0564. The highest BCUT2D eigenvalue weighted by atomic mass is 32.2. The molecule has 0 saturated carbocycles. The number of ether oxygens (including phenoxy) is 2. The summed E-state index contributed by atoms with van der Waals surface area (Å²) in [4.78, 5) is 28.9. The average molecular weight is 640 g/mol. The summed E-state index contributed by atoms with van der Waals surface area (Å²) in [6.07, 6.45) is 0.864. The molecule has 2 aromatic heterocycles. The average Bonchev–Trinajstić information content (AvgIpc) is 3.74. The summed E-state index contributed by atoms with van der Waals surface area (Å²) >= 11 is 3.63. The molecule has 0 bridgehead atoms. The lowest BCUT2D eigenvalue weighted by molar-refractivity contribution is -0.117. The van der Waals surface area contributed by atoms with Crippen molar-refractivity contribution >= 4 is 51.3 Å². The first kappa shape index (κ1) is 30.7. The second kappa shape index (κ2) is 13.7. The third-order valence-corrected chi connectivity index (χ3v) is 9.62. The van der Waals surface area contributed by atoms with E-state index in [4.69, 9.17) is 9.47 Å². The van der Waals surface area contributed by atoms with Gasteiger partial charge in [0.2, 0.25) is 10.9 Å². The molecule has 1 amide bonds. The van der Waals surface area contributed by atoms with E-state index in [0.29, 0.717) is 56.7 Å². The third-order valence-electron chi connectivity index (χ3n) is 6.64. The zero-order valence-corrected chi connectivity index (χ0v) is 26.2. The Morgan fingerprint density at radius 2 is 1.93 bits per heavy atom. The van der Waals surface area contributed by atoms with Crippen LogP contribution in [0, 0.1) is 11.7 Å². The molecule has 12 heteroatoms. The van der Waals surface area contributed by atoms with Crippen LogP contribution >= 0.6 is 34.4 Å². The van der Waals surface area contributed by atoms with Gasteiger partial charge in [-0.2, -0.15) is 0 Å². The van der Waals surface area contributed by atoms with E-state index in [1.807, 2.05) is 6.92 Å². The van der Waals surface area contributed by atoms with Gasteiger partial charge in [-0.05, 0) is 60.0 Å². The Bertz CT molecular complexity index is 1640. The van der Waals surface area contributed by atoms with Crippen molar-refractivity contribution in [2.45, 2.75) is 43.3 Å². The van der Waals surface area contributed by atoms with Crippen LogP contribution in [0.15, 0.2) is 75.6 Å². The van der Waals surface area contributed by atoms with Crippen molar-refractivity contribution in [2.24, 2.45) is 5.92 Å². The summed E-state index contributed by atoms with van der Waals surface area (Å²) in [7, 11) is 0. The molecule has 1 aliphatic rings. The number of thioether (sulfide) groups is 1. The summed E-state index contributed by atoms with van der Waals surface area (Å²) in [6.45, 7) is 6.97. The van der Waals surface area contributed by atoms with Crippen LogP contribution in [-0.4, -0.2) is 40.2 Å². The third kappa shape index (κ3) is 6.76. The first-order valence-electron chi connectivity index (χ1n) is 13.7. The topological polar surface area (TPSA) is 102 Å². The highest BCUT2D eigenvalue weighted by Crippen LogP contribution is 2.46. The van der Waals surface area contributed by atoms with Crippen LogP contribution in [0.1, 0.15) is 54.0 Å². The summed E-state index contributed by atoms with van der Waals surface area (Å²) < 4.78 is 26.5. The number of ketones is 1. The number of hydrogen-bond acceptors (Lipinski definition) is 10. The molecule has 224 valence electrons. The maximum absolute atomic E-state index is 14.1. The van der Waals surface area contributed by atoms with Gasteiger partial charge in [0.05, 0.1) is 29.7 Å². The van der Waals surface area contributed by atoms with Crippen molar-refractivity contribution in [1.29, 1.82) is 0 Å². The second-order valence-corrected chi connectivity index (χ2v) is 13.2. The molecule has 8 nitrogen and oxygen atoms in total. The van der Waals surface area contributed by atoms with E-state index in [1.165, 1.54) is 34.1 Å². The van der Waals surface area contributed by atoms with Gasteiger partial charge in [-0.15, -0.1) is 21.5 Å². The number of Topliss-reactive ketones (excluding diaryl/α,β-unsaturated/α-hetero) is 1. The molecule has 1 atom stereocenters. The molecule has 0 radical (unpaired) electrons. The fourth-order valence-electron chi connectivity index (χ4n) is 4.49. The molecule has 3 heterocycles. The number of aromatic nitrogens is 2. The number of carbonyl (C=O) groups excluding carboxylic acids is 2. The number of anilines is 1. The largest absolute Gasteiger partial charge is 0.503 e. The first-order chi connectivity index (χ1) is 20.8. The summed E-state index contributed by atoms with van der Waals surface area (Å²) in [5.41, 5.74) is 0.994. The maximum atomic E-state index is 14.1. The lowest BCUT2D eigenvalue weighted by Gasteiger charge is -2.25. The predicted octanol–water partition coefficient (Wildman–Crippen LogP) is 7.64. The second-order valence-electron chi connectivity index (χ2n) is 10.0. The van der Waals surface area contributed by atoms with Crippen molar-refractivity contribution < 1.29 is 28.6 Å². The lowest BCUT2D eigenvalue weighted by atomic mass is 9.95. The number of halogens is 1. The van der Waals surface area contributed by atoms with Crippen LogP contribution in [0.2, 0.25) is 0 Å². The molecule has 1 aliphatic heterocycles. The standard InChI is InChI=1S/C31H30FN3O5S3/c1-4-39-23-16-19(11-12-22(23)40-14-13-18(2)3)26-25(27(36)24-10-7-15-41-24)28(37)29(38)35(26)30-33-34-31(43-30)42-17-20-8-5-6-9-21(20)32/h5-12,15-16,18,26,37H,4,13-14,17H2,1-3H3. The van der Waals surface area contributed by atoms with Gasteiger partial charge in [-0.1, -0.05) is 67.3 Å². The molecule has 0 spiro atoms. The molecular formula is C31H30FN3O5S3. The van der Waals surface area contributed by atoms with Crippen LogP contribution in [0.4, 0.5) is 9.52 Å². The summed E-state index contributed by atoms with van der Waals surface area (Å²) in [6, 6.07) is 14.1. The molecule has 0 aliphatic carbocycles. The number of rotatable bonds is 13. The van der Waals surface area contributed by atoms with E-state index in [2.05, 4.69) is 24.0 Å². The molecule has 4 aromatic rings. The number of hydrogen-bond donors (Lipinski definition) is 1. The molecule has 1 unspecified atom stereocenters. The van der Waals surface area contributed by atoms with Crippen LogP contribution in [0.25, 0.3) is 0 Å². The smallest absolute Gasteiger partial charge is 0.296 e. The molecule has 0 saturated heterocycles. The first-order valence-corrected chi connectivity index (χ1v) is 16.4. The number of carbonyl (C=O) groups is 2. The van der Waals surface area contributed by atoms with Crippen molar-refractivity contribution in [3.63, 3.8) is 0 Å². The van der Waals surface area contributed by atoms with Gasteiger partial charge >= 0.3 is 0 Å². The van der Waals surface area contributed by atoms with Crippen molar-refractivity contribution in [1.82, 2.24) is 10.2 Å². The van der Waals surface area contributed by atoms with E-state index in [1.54, 1.807) is 53.9 Å². The fraction of sp³-hybridized carbons (Fsp3) is 0.290. The number of amides is 1. The van der Waals surface area contributed by atoms with Crippen LogP contribution in [-0.2, 0) is 10.5 Å². The Morgan fingerprint density at radius 1 is 1.12 bits per heavy atom. The van der Waals surface area contributed by atoms with E-state index in [-0.39, 0.29) is 16.5 Å². The monoisotopic (exact) mass is 639 g/mol. The van der Waals surface area contributed by atoms with Gasteiger partial charge in [0.1, 0.15) is 5.82 Å². The Balaban J connectivity index is 1.51. The normalized spacial score (nSPS) is 15.0. The molecule has 43 heavy (non-hydrogen) atoms. The highest BCUT2D eigenvalue weighted by Gasteiger charge is 2.46. The minimum atomic E-state index is -0.997. The van der Waals surface area contributed by atoms with E-state index in [0.717, 1.165) is 17.8 Å². The van der Waals surface area contributed by atoms with Crippen molar-refractivity contribution in [3.8, 4) is 11.5 Å². The Hall–Kier alpha value is -3.74. The number of thiophene rings is 1. The van der Waals surface area contributed by atoms with Crippen LogP contribution < -0.4 is 14.4 Å². The van der Waals surface area contributed by atoms with Gasteiger partial charge < -0.3 is 14.6 Å². The molecule has 0 fully saturated rings. The van der Waals surface area contributed by atoms with Crippen LogP contribution in [0.3, 0.4) is 0 Å². The number of aliphatic hydroxyl groups is 1. The zero-order chi connectivity index (χ0) is 30.5. The zero-order valence-electron chi connectivity index (χ0n) is 23.8. The van der Waals surface area contributed by atoms with Gasteiger partial charge in [-0.3, -0.25) is 14.5 Å². The number of aliphatic hydroxyl groups excluding tert-OH is 1. The Kier molecular flexibility index (Phi) is 9.79. The van der Waals surface area contributed by atoms with Crippen molar-refractivity contribution in [3.05, 3.63) is 93.1 Å². The van der Waals surface area contributed by atoms with Crippen LogP contribution in [0.5, 0.6) is 11.5 Å². The molecular weight excluding hydrogens is 610 g/mol. The fourth-order valence-corrected chi connectivity index (χ4v) is 7.02. The summed E-state index contributed by atoms with van der Waals surface area (Å²) in [5.74, 6) is -0.387. The lowest BCUT2D eigenvalue weighted by Crippen LogP contribution is -2.31. The Labute approximate surface area is 261 Å². The summed E-state index contributed by atoms with van der Waals surface area (Å²) in [5, 5.41) is 21.5. The molecule has 5 rings (SSSR count). The van der Waals surface area contributed by atoms with Gasteiger partial charge in [0.25, 0.3) is 5.91 Å². The quantitative estimate of drug-likeness (QED) is 0.0905. The SMILES string of the molecule is CCOc1cc(C2C(C(=O)c3cccs3)=C(O)C(=O)N2c2nnc(SCc3ccccc3F)s2)ccc1OCCC(C)C.